The standard InChI is InChI=1S/C9H9NO.W/c11-9-6-5-7-3-1-2-4-8(7)10-9;/h1-4H,5-6H2,(H,10,11);/p-1. The van der Waals surface area contributed by atoms with Crippen LogP contribution in [0.25, 0.3) is 5.32 Å². The zero-order chi connectivity index (χ0) is 7.68. The maximum atomic E-state index is 10.9. The molecule has 0 bridgehead atoms. The van der Waals surface area contributed by atoms with E-state index in [4.69, 9.17) is 0 Å². The molecule has 1 heterocycles. The molecular formula is C9H8NOW-. The van der Waals surface area contributed by atoms with E-state index in [9.17, 15) is 4.79 Å². The number of para-hydroxylation sites is 1. The van der Waals surface area contributed by atoms with E-state index in [1.165, 1.54) is 5.56 Å². The minimum absolute atomic E-state index is 0. The Kier molecular flexibility index (Phi) is 3.04. The van der Waals surface area contributed by atoms with Crippen molar-refractivity contribution in [1.82, 2.24) is 0 Å². The van der Waals surface area contributed by atoms with Gasteiger partial charge in [-0.15, -0.1) is 5.69 Å². The third-order valence-electron chi connectivity index (χ3n) is 1.84. The Hall–Kier alpha value is -0.622. The second-order valence-electron chi connectivity index (χ2n) is 2.63. The number of hydrogen-bond acceptors (Lipinski definition) is 1. The molecule has 0 atom stereocenters. The summed E-state index contributed by atoms with van der Waals surface area (Å²) >= 11 is 0. The Balaban J connectivity index is 0.000000720. The molecule has 0 fully saturated rings. The van der Waals surface area contributed by atoms with Gasteiger partial charge in [-0.05, 0) is 12.8 Å². The summed E-state index contributed by atoms with van der Waals surface area (Å²) in [6.45, 7) is 0. The third-order valence-corrected chi connectivity index (χ3v) is 1.84. The first kappa shape index (κ1) is 9.47. The summed E-state index contributed by atoms with van der Waals surface area (Å²) in [6.07, 6.45) is 1.41. The minimum atomic E-state index is 0. The van der Waals surface area contributed by atoms with Crippen molar-refractivity contribution in [3.63, 3.8) is 0 Å². The molecule has 0 saturated carbocycles. The largest absolute Gasteiger partial charge is 0.627 e. The van der Waals surface area contributed by atoms with Crippen LogP contribution in [0.1, 0.15) is 12.0 Å². The maximum Gasteiger partial charge on any atom is 0.0548 e. The normalized spacial score (nSPS) is 14.2. The van der Waals surface area contributed by atoms with Crippen molar-refractivity contribution in [2.75, 3.05) is 0 Å². The van der Waals surface area contributed by atoms with Gasteiger partial charge in [-0.1, -0.05) is 29.8 Å². The first-order valence-electron chi connectivity index (χ1n) is 3.69. The summed E-state index contributed by atoms with van der Waals surface area (Å²) in [7, 11) is 0. The van der Waals surface area contributed by atoms with Gasteiger partial charge >= 0.3 is 0 Å². The van der Waals surface area contributed by atoms with Crippen molar-refractivity contribution >= 4 is 11.6 Å². The quantitative estimate of drug-likeness (QED) is 0.717. The van der Waals surface area contributed by atoms with E-state index in [0.717, 1.165) is 12.1 Å². The third kappa shape index (κ3) is 1.75. The van der Waals surface area contributed by atoms with Gasteiger partial charge in [0.2, 0.25) is 0 Å². The summed E-state index contributed by atoms with van der Waals surface area (Å²) in [6, 6.07) is 7.78. The molecule has 1 aromatic rings. The molecule has 1 aliphatic heterocycles. The fourth-order valence-electron chi connectivity index (χ4n) is 1.26. The van der Waals surface area contributed by atoms with Crippen LogP contribution < -0.4 is 0 Å². The summed E-state index contributed by atoms with van der Waals surface area (Å²) in [5.41, 5.74) is 2.04. The number of benzene rings is 1. The van der Waals surface area contributed by atoms with Gasteiger partial charge in [0.05, 0.1) is 5.91 Å². The molecule has 0 N–H and O–H groups in total. The average molecular weight is 330 g/mol. The van der Waals surface area contributed by atoms with Crippen molar-refractivity contribution in [2.45, 2.75) is 12.8 Å². The molecule has 1 aromatic carbocycles. The SMILES string of the molecule is O=C1CCc2ccccc2[N-]1.[W]. The summed E-state index contributed by atoms with van der Waals surface area (Å²) in [5, 5.41) is 3.91. The molecule has 0 saturated heterocycles. The molecule has 0 radical (unpaired) electrons. The number of carbonyl (C=O) groups excluding carboxylic acids is 1. The molecule has 0 unspecified atom stereocenters. The van der Waals surface area contributed by atoms with Gasteiger partial charge in [0.1, 0.15) is 0 Å². The van der Waals surface area contributed by atoms with Gasteiger partial charge < -0.3 is 10.1 Å². The van der Waals surface area contributed by atoms with Crippen LogP contribution in [0.3, 0.4) is 0 Å². The van der Waals surface area contributed by atoms with Crippen molar-refractivity contribution in [3.05, 3.63) is 35.1 Å². The number of fused-ring (bicyclic) bond motifs is 1. The van der Waals surface area contributed by atoms with E-state index in [-0.39, 0.29) is 27.0 Å². The van der Waals surface area contributed by atoms with Gasteiger partial charge in [0, 0.05) is 21.1 Å². The fourth-order valence-corrected chi connectivity index (χ4v) is 1.26. The first-order chi connectivity index (χ1) is 5.36. The Bertz CT molecular complexity index is 298. The van der Waals surface area contributed by atoms with Crippen LogP contribution in [0.2, 0.25) is 0 Å². The van der Waals surface area contributed by atoms with Gasteiger partial charge in [-0.25, -0.2) is 0 Å². The van der Waals surface area contributed by atoms with E-state index in [0.29, 0.717) is 6.42 Å². The van der Waals surface area contributed by atoms with E-state index in [1.807, 2.05) is 24.3 Å². The molecule has 2 rings (SSSR count). The second kappa shape index (κ2) is 3.86. The first-order valence-corrected chi connectivity index (χ1v) is 3.69. The zero-order valence-corrected chi connectivity index (χ0v) is 9.42. The Morgan fingerprint density at radius 3 is 2.75 bits per heavy atom. The number of hydrogen-bond donors (Lipinski definition) is 0. The number of amides is 1. The summed E-state index contributed by atoms with van der Waals surface area (Å²) in [5.74, 6) is 0.00343. The number of nitrogens with zero attached hydrogens (tertiary/aromatic N) is 1. The van der Waals surface area contributed by atoms with Crippen molar-refractivity contribution in [1.29, 1.82) is 0 Å². The van der Waals surface area contributed by atoms with E-state index in [2.05, 4.69) is 5.32 Å². The zero-order valence-electron chi connectivity index (χ0n) is 6.49. The van der Waals surface area contributed by atoms with Crippen LogP contribution in [0.5, 0.6) is 0 Å². The van der Waals surface area contributed by atoms with E-state index < -0.39 is 0 Å². The van der Waals surface area contributed by atoms with Gasteiger partial charge in [0.15, 0.2) is 0 Å². The van der Waals surface area contributed by atoms with E-state index >= 15 is 0 Å². The number of rotatable bonds is 0. The van der Waals surface area contributed by atoms with Crippen LogP contribution >= 0.6 is 0 Å². The molecule has 0 aromatic heterocycles. The molecule has 3 heteroatoms. The van der Waals surface area contributed by atoms with E-state index in [1.54, 1.807) is 0 Å². The van der Waals surface area contributed by atoms with Crippen molar-refractivity contribution in [3.8, 4) is 0 Å². The van der Waals surface area contributed by atoms with Crippen molar-refractivity contribution < 1.29 is 25.9 Å². The Labute approximate surface area is 85.6 Å². The van der Waals surface area contributed by atoms with Crippen LogP contribution in [0.4, 0.5) is 5.69 Å². The molecule has 1 amide bonds. The maximum absolute atomic E-state index is 10.9. The predicted molar refractivity (Wildman–Crippen MR) is 42.8 cm³/mol. The van der Waals surface area contributed by atoms with Crippen LogP contribution in [-0.4, -0.2) is 5.91 Å². The second-order valence-corrected chi connectivity index (χ2v) is 2.63. The summed E-state index contributed by atoms with van der Waals surface area (Å²) < 4.78 is 0. The smallest absolute Gasteiger partial charge is 0.0548 e. The van der Waals surface area contributed by atoms with Crippen LogP contribution in [-0.2, 0) is 32.3 Å². The molecular weight excluding hydrogens is 322 g/mol. The molecule has 62 valence electrons. The van der Waals surface area contributed by atoms with Crippen molar-refractivity contribution in [2.24, 2.45) is 0 Å². The molecule has 0 spiro atoms. The van der Waals surface area contributed by atoms with Gasteiger partial charge in [-0.2, -0.15) is 0 Å². The molecule has 12 heavy (non-hydrogen) atoms. The number of aryl methyl sites for hydroxylation is 1. The summed E-state index contributed by atoms with van der Waals surface area (Å²) in [4.78, 5) is 10.9. The Morgan fingerprint density at radius 2 is 1.92 bits per heavy atom. The fraction of sp³-hybridized carbons (Fsp3) is 0.222. The average Bonchev–Trinajstić information content (AvgIpc) is 2.04. The topological polar surface area (TPSA) is 31.2 Å². The molecule has 1 aliphatic rings. The van der Waals surface area contributed by atoms with Gasteiger partial charge in [0.25, 0.3) is 0 Å². The minimum Gasteiger partial charge on any atom is -0.627 e. The van der Waals surface area contributed by atoms with Crippen LogP contribution in [0.15, 0.2) is 24.3 Å². The predicted octanol–water partition coefficient (Wildman–Crippen LogP) is 2.16. The van der Waals surface area contributed by atoms with Crippen LogP contribution in [0, 0.1) is 0 Å². The van der Waals surface area contributed by atoms with Gasteiger partial charge in [-0.3, -0.25) is 0 Å². The Morgan fingerprint density at radius 1 is 1.17 bits per heavy atom. The molecule has 2 nitrogen and oxygen atoms in total. The number of carbonyl (C=O) groups is 1. The monoisotopic (exact) mass is 330 g/mol. The molecule has 0 aliphatic carbocycles.